The van der Waals surface area contributed by atoms with E-state index in [4.69, 9.17) is 0 Å². The second kappa shape index (κ2) is 9.93. The fourth-order valence-electron chi connectivity index (χ4n) is 7.13. The molecule has 204 valence electrons. The highest BCUT2D eigenvalue weighted by molar-refractivity contribution is 6.28. The number of hydrogen-bond acceptors (Lipinski definition) is 0. The minimum absolute atomic E-state index is 1.23. The average molecular weight is 557 g/mol. The molecule has 0 N–H and O–H groups in total. The smallest absolute Gasteiger partial charge is 0.00141 e. The van der Waals surface area contributed by atoms with Crippen LogP contribution in [-0.2, 0) is 0 Å². The fraction of sp³-hybridized carbons (Fsp3) is 0. The van der Waals surface area contributed by atoms with Crippen molar-refractivity contribution in [3.8, 4) is 33.4 Å². The second-order valence-corrected chi connectivity index (χ2v) is 11.7. The lowest BCUT2D eigenvalue weighted by atomic mass is 9.83. The summed E-state index contributed by atoms with van der Waals surface area (Å²) < 4.78 is 0. The Morgan fingerprint density at radius 1 is 0.227 bits per heavy atom. The van der Waals surface area contributed by atoms with Crippen molar-refractivity contribution in [3.05, 3.63) is 170 Å². The van der Waals surface area contributed by atoms with E-state index in [0.717, 1.165) is 0 Å². The molecule has 0 aromatic heterocycles. The van der Waals surface area contributed by atoms with E-state index in [-0.39, 0.29) is 0 Å². The monoisotopic (exact) mass is 556 g/mol. The molecular formula is C44H28. The van der Waals surface area contributed by atoms with E-state index in [0.29, 0.717) is 0 Å². The first kappa shape index (κ1) is 24.8. The summed E-state index contributed by atoms with van der Waals surface area (Å²) in [5.41, 5.74) is 7.53. The van der Waals surface area contributed by atoms with Crippen LogP contribution in [0.4, 0.5) is 0 Å². The fourth-order valence-corrected chi connectivity index (χ4v) is 7.13. The van der Waals surface area contributed by atoms with Crippen LogP contribution >= 0.6 is 0 Å². The molecule has 0 atom stereocenters. The summed E-state index contributed by atoms with van der Waals surface area (Å²) in [4.78, 5) is 0. The van der Waals surface area contributed by atoms with Crippen LogP contribution in [0.25, 0.3) is 87.2 Å². The van der Waals surface area contributed by atoms with Gasteiger partial charge in [-0.1, -0.05) is 152 Å². The van der Waals surface area contributed by atoms with E-state index >= 15 is 0 Å². The summed E-state index contributed by atoms with van der Waals surface area (Å²) in [5, 5.41) is 12.7. The van der Waals surface area contributed by atoms with E-state index in [1.807, 2.05) is 0 Å². The van der Waals surface area contributed by atoms with Crippen molar-refractivity contribution in [2.75, 3.05) is 0 Å². The van der Waals surface area contributed by atoms with Gasteiger partial charge in [-0.2, -0.15) is 0 Å². The molecule has 9 aromatic rings. The van der Waals surface area contributed by atoms with Gasteiger partial charge in [0.1, 0.15) is 0 Å². The van der Waals surface area contributed by atoms with E-state index in [2.05, 4.69) is 170 Å². The van der Waals surface area contributed by atoms with Gasteiger partial charge in [0.25, 0.3) is 0 Å². The summed E-state index contributed by atoms with van der Waals surface area (Å²) in [6.45, 7) is 0. The molecule has 0 saturated heterocycles. The van der Waals surface area contributed by atoms with Crippen LogP contribution in [0.2, 0.25) is 0 Å². The number of rotatable bonds is 3. The van der Waals surface area contributed by atoms with Gasteiger partial charge >= 0.3 is 0 Å². The molecule has 0 aliphatic heterocycles. The predicted molar refractivity (Wildman–Crippen MR) is 190 cm³/mol. The molecule has 0 unspecified atom stereocenters. The predicted octanol–water partition coefficient (Wildman–Crippen LogP) is 12.5. The molecule has 0 aliphatic carbocycles. The lowest BCUT2D eigenvalue weighted by Gasteiger charge is -2.20. The minimum atomic E-state index is 1.23. The topological polar surface area (TPSA) is 0 Å². The van der Waals surface area contributed by atoms with Gasteiger partial charge < -0.3 is 0 Å². The summed E-state index contributed by atoms with van der Waals surface area (Å²) >= 11 is 0. The summed E-state index contributed by atoms with van der Waals surface area (Å²) in [7, 11) is 0. The van der Waals surface area contributed by atoms with Gasteiger partial charge in [-0.15, -0.1) is 0 Å². The van der Waals surface area contributed by atoms with Crippen molar-refractivity contribution in [1.29, 1.82) is 0 Å². The summed E-state index contributed by atoms with van der Waals surface area (Å²) in [6, 6.07) is 62.4. The van der Waals surface area contributed by atoms with Crippen molar-refractivity contribution >= 4 is 53.9 Å². The van der Waals surface area contributed by atoms with Crippen LogP contribution in [0.15, 0.2) is 170 Å². The molecule has 9 rings (SSSR count). The van der Waals surface area contributed by atoms with Gasteiger partial charge in [0.05, 0.1) is 0 Å². The van der Waals surface area contributed by atoms with Crippen LogP contribution in [0.1, 0.15) is 0 Å². The minimum Gasteiger partial charge on any atom is -0.0616 e. The number of hydrogen-bond donors (Lipinski definition) is 0. The molecule has 0 aliphatic rings. The van der Waals surface area contributed by atoms with Crippen molar-refractivity contribution in [1.82, 2.24) is 0 Å². The maximum absolute atomic E-state index is 2.37. The molecule has 0 bridgehead atoms. The Balaban J connectivity index is 1.38. The van der Waals surface area contributed by atoms with Gasteiger partial charge in [-0.25, -0.2) is 0 Å². The van der Waals surface area contributed by atoms with Crippen LogP contribution in [0.5, 0.6) is 0 Å². The quantitative estimate of drug-likeness (QED) is 0.150. The molecule has 0 radical (unpaired) electrons. The molecule has 0 nitrogen and oxygen atoms in total. The molecule has 44 heavy (non-hydrogen) atoms. The highest BCUT2D eigenvalue weighted by Gasteiger charge is 2.19. The molecule has 0 heteroatoms. The third-order valence-electron chi connectivity index (χ3n) is 9.19. The van der Waals surface area contributed by atoms with E-state index in [9.17, 15) is 0 Å². The van der Waals surface area contributed by atoms with Gasteiger partial charge in [-0.3, -0.25) is 0 Å². The van der Waals surface area contributed by atoms with Crippen LogP contribution in [-0.4, -0.2) is 0 Å². The first-order valence-electron chi connectivity index (χ1n) is 15.3. The average Bonchev–Trinajstić information content (AvgIpc) is 3.10. The van der Waals surface area contributed by atoms with E-state index < -0.39 is 0 Å². The number of benzene rings is 9. The third-order valence-corrected chi connectivity index (χ3v) is 9.19. The molecule has 9 aromatic carbocycles. The van der Waals surface area contributed by atoms with Crippen LogP contribution in [0.3, 0.4) is 0 Å². The summed E-state index contributed by atoms with van der Waals surface area (Å²) in [6.07, 6.45) is 0. The highest BCUT2D eigenvalue weighted by Crippen LogP contribution is 2.47. The molecule has 0 fully saturated rings. The normalized spacial score (nSPS) is 11.6. The van der Waals surface area contributed by atoms with Gasteiger partial charge in [0.15, 0.2) is 0 Å². The van der Waals surface area contributed by atoms with Crippen LogP contribution in [0, 0.1) is 0 Å². The third kappa shape index (κ3) is 3.92. The first-order valence-corrected chi connectivity index (χ1v) is 15.3. The zero-order valence-corrected chi connectivity index (χ0v) is 24.2. The molecule has 0 amide bonds. The van der Waals surface area contributed by atoms with Crippen molar-refractivity contribution in [3.63, 3.8) is 0 Å². The maximum atomic E-state index is 2.37. The Hall–Kier alpha value is -5.72. The van der Waals surface area contributed by atoms with Gasteiger partial charge in [0, 0.05) is 0 Å². The van der Waals surface area contributed by atoms with E-state index in [1.165, 1.54) is 87.2 Å². The standard InChI is InChI=1S/C44H28/c1-3-13-32-26-35(22-20-29(32)10-1)34-15-9-16-36(28-34)42-39-18-7-8-19-40(39)43(37-23-21-30-11-2-4-14-33(30)27-37)44-38-17-6-5-12-31(38)24-25-41(42)44/h1-28H. The van der Waals surface area contributed by atoms with E-state index in [1.54, 1.807) is 0 Å². The molecule has 0 heterocycles. The zero-order chi connectivity index (χ0) is 29.0. The first-order chi connectivity index (χ1) is 21.8. The Morgan fingerprint density at radius 3 is 1.43 bits per heavy atom. The van der Waals surface area contributed by atoms with Gasteiger partial charge in [0.2, 0.25) is 0 Å². The van der Waals surface area contributed by atoms with Crippen molar-refractivity contribution in [2.24, 2.45) is 0 Å². The largest absolute Gasteiger partial charge is 0.0616 e. The summed E-state index contributed by atoms with van der Waals surface area (Å²) in [5.74, 6) is 0. The lowest BCUT2D eigenvalue weighted by Crippen LogP contribution is -1.92. The van der Waals surface area contributed by atoms with Crippen molar-refractivity contribution < 1.29 is 0 Å². The highest BCUT2D eigenvalue weighted by atomic mass is 14.2. The molecule has 0 saturated carbocycles. The number of fused-ring (bicyclic) bond motifs is 6. The Morgan fingerprint density at radius 2 is 0.705 bits per heavy atom. The zero-order valence-electron chi connectivity index (χ0n) is 24.2. The second-order valence-electron chi connectivity index (χ2n) is 11.7. The maximum Gasteiger partial charge on any atom is -0.00141 e. The molecule has 0 spiro atoms. The Bertz CT molecular complexity index is 2550. The van der Waals surface area contributed by atoms with Gasteiger partial charge in [-0.05, 0) is 105 Å². The van der Waals surface area contributed by atoms with Crippen molar-refractivity contribution in [2.45, 2.75) is 0 Å². The SMILES string of the molecule is c1cc(-c2ccc3ccccc3c2)cc(-c2c3ccccc3c(-c3ccc4ccccc4c3)c3c2ccc2ccccc23)c1. The molecular weight excluding hydrogens is 528 g/mol. The Kier molecular flexibility index (Phi) is 5.61. The Labute approximate surface area is 256 Å². The van der Waals surface area contributed by atoms with Crippen LogP contribution < -0.4 is 0 Å². The lowest BCUT2D eigenvalue weighted by molar-refractivity contribution is 1.63.